The lowest BCUT2D eigenvalue weighted by Gasteiger charge is -2.13. The average Bonchev–Trinajstić information content (AvgIpc) is 3.59. The summed E-state index contributed by atoms with van der Waals surface area (Å²) < 4.78 is 6.83. The van der Waals surface area contributed by atoms with Crippen LogP contribution in [-0.2, 0) is 6.42 Å². The number of rotatable bonds is 5. The van der Waals surface area contributed by atoms with Crippen molar-refractivity contribution in [2.75, 3.05) is 12.4 Å². The molecule has 1 N–H and O–H groups in total. The van der Waals surface area contributed by atoms with Crippen LogP contribution in [0.5, 0.6) is 5.75 Å². The minimum Gasteiger partial charge on any atom is -0.497 e. The second-order valence-corrected chi connectivity index (χ2v) is 8.47. The summed E-state index contributed by atoms with van der Waals surface area (Å²) in [6.45, 7) is 0. The van der Waals surface area contributed by atoms with Crippen LogP contribution in [-0.4, -0.2) is 37.7 Å². The van der Waals surface area contributed by atoms with Crippen molar-refractivity contribution < 1.29 is 9.53 Å². The molecule has 1 amide bonds. The van der Waals surface area contributed by atoms with Gasteiger partial charge in [-0.3, -0.25) is 4.79 Å². The standard InChI is InChI=1S/C28H22N6O2/c1-36-21-10-6-18(7-11-21)14-19-8-12-23-26(22-4-2-3-5-24(22)33-27(19)23)28(35)32-20-9-13-25(30-15-20)34-17-29-16-31-34/h2-7,9-11,13-17H,8,12H2,1H3,(H,32,35)/b19-14+. The molecule has 3 heterocycles. The number of ether oxygens (including phenoxy) is 1. The number of allylic oxidation sites excluding steroid dienone is 1. The van der Waals surface area contributed by atoms with Crippen molar-refractivity contribution >= 4 is 34.1 Å². The van der Waals surface area contributed by atoms with Gasteiger partial charge in [-0.05, 0) is 65.9 Å². The molecule has 1 aliphatic carbocycles. The maximum Gasteiger partial charge on any atom is 0.256 e. The van der Waals surface area contributed by atoms with Crippen LogP contribution in [0.25, 0.3) is 28.4 Å². The van der Waals surface area contributed by atoms with Gasteiger partial charge in [0.05, 0.1) is 35.8 Å². The molecule has 0 atom stereocenters. The summed E-state index contributed by atoms with van der Waals surface area (Å²) in [4.78, 5) is 26.9. The summed E-state index contributed by atoms with van der Waals surface area (Å²) in [5.41, 5.74) is 6.10. The molecule has 0 bridgehead atoms. The van der Waals surface area contributed by atoms with E-state index in [2.05, 4.69) is 26.5 Å². The van der Waals surface area contributed by atoms with Crippen LogP contribution in [0.2, 0.25) is 0 Å². The number of fused-ring (bicyclic) bond motifs is 2. The largest absolute Gasteiger partial charge is 0.497 e. The molecule has 5 aromatic rings. The van der Waals surface area contributed by atoms with E-state index in [4.69, 9.17) is 9.72 Å². The fraction of sp³-hybridized carbons (Fsp3) is 0.107. The number of para-hydroxylation sites is 1. The van der Waals surface area contributed by atoms with Crippen molar-refractivity contribution in [1.82, 2.24) is 24.7 Å². The predicted molar refractivity (Wildman–Crippen MR) is 138 cm³/mol. The maximum absolute atomic E-state index is 13.6. The van der Waals surface area contributed by atoms with E-state index in [1.54, 1.807) is 36.4 Å². The Morgan fingerprint density at radius 1 is 1.06 bits per heavy atom. The highest BCUT2D eigenvalue weighted by atomic mass is 16.5. The number of carbonyl (C=O) groups excluding carboxylic acids is 1. The summed E-state index contributed by atoms with van der Waals surface area (Å²) in [6, 6.07) is 19.3. The number of nitrogens with zero attached hydrogens (tertiary/aromatic N) is 5. The minimum atomic E-state index is -0.175. The molecule has 3 aromatic heterocycles. The molecule has 0 unspecified atom stereocenters. The molecule has 8 nitrogen and oxygen atoms in total. The Balaban J connectivity index is 1.36. The van der Waals surface area contributed by atoms with Crippen LogP contribution in [0.3, 0.4) is 0 Å². The van der Waals surface area contributed by atoms with Gasteiger partial charge in [0.1, 0.15) is 18.4 Å². The monoisotopic (exact) mass is 474 g/mol. The summed E-state index contributed by atoms with van der Waals surface area (Å²) >= 11 is 0. The number of benzene rings is 2. The van der Waals surface area contributed by atoms with E-state index in [9.17, 15) is 4.79 Å². The predicted octanol–water partition coefficient (Wildman–Crippen LogP) is 4.96. The van der Waals surface area contributed by atoms with Gasteiger partial charge in [-0.1, -0.05) is 30.3 Å². The zero-order valence-electron chi connectivity index (χ0n) is 19.5. The van der Waals surface area contributed by atoms with Gasteiger partial charge in [-0.15, -0.1) is 0 Å². The zero-order chi connectivity index (χ0) is 24.5. The van der Waals surface area contributed by atoms with Crippen LogP contribution in [0, 0.1) is 0 Å². The third-order valence-corrected chi connectivity index (χ3v) is 6.28. The molecule has 8 heteroatoms. The van der Waals surface area contributed by atoms with Gasteiger partial charge in [0.15, 0.2) is 5.82 Å². The molecule has 2 aromatic carbocycles. The van der Waals surface area contributed by atoms with E-state index >= 15 is 0 Å². The molecule has 6 rings (SSSR count). The Kier molecular flexibility index (Phi) is 5.46. The van der Waals surface area contributed by atoms with Gasteiger partial charge in [0.2, 0.25) is 0 Å². The first-order valence-electron chi connectivity index (χ1n) is 11.6. The molecule has 0 spiro atoms. The van der Waals surface area contributed by atoms with Crippen molar-refractivity contribution in [2.45, 2.75) is 12.8 Å². The van der Waals surface area contributed by atoms with Crippen LogP contribution < -0.4 is 10.1 Å². The summed E-state index contributed by atoms with van der Waals surface area (Å²) in [6.07, 6.45) is 8.35. The van der Waals surface area contributed by atoms with Crippen LogP contribution in [0.4, 0.5) is 5.69 Å². The van der Waals surface area contributed by atoms with Gasteiger partial charge in [0.25, 0.3) is 5.91 Å². The fourth-order valence-corrected chi connectivity index (χ4v) is 4.56. The third kappa shape index (κ3) is 3.98. The number of aromatic nitrogens is 5. The number of anilines is 1. The minimum absolute atomic E-state index is 0.175. The molecule has 0 saturated heterocycles. The van der Waals surface area contributed by atoms with Gasteiger partial charge in [0, 0.05) is 5.39 Å². The van der Waals surface area contributed by atoms with E-state index in [0.29, 0.717) is 17.1 Å². The Morgan fingerprint density at radius 2 is 1.92 bits per heavy atom. The zero-order valence-corrected chi connectivity index (χ0v) is 19.5. The highest BCUT2D eigenvalue weighted by Crippen LogP contribution is 2.38. The SMILES string of the molecule is COc1ccc(/C=C2\CCc3c2nc2ccccc2c3C(=O)Nc2ccc(-n3cncn3)nc2)cc1. The van der Waals surface area contributed by atoms with E-state index in [1.165, 1.54) is 6.33 Å². The van der Waals surface area contributed by atoms with Crippen molar-refractivity contribution in [3.05, 3.63) is 102 Å². The second-order valence-electron chi connectivity index (χ2n) is 8.47. The average molecular weight is 475 g/mol. The molecular weight excluding hydrogens is 452 g/mol. The molecule has 0 fully saturated rings. The van der Waals surface area contributed by atoms with Gasteiger partial charge >= 0.3 is 0 Å². The van der Waals surface area contributed by atoms with Crippen molar-refractivity contribution in [3.8, 4) is 11.6 Å². The first-order valence-corrected chi connectivity index (χ1v) is 11.6. The Bertz CT molecular complexity index is 1590. The van der Waals surface area contributed by atoms with E-state index in [0.717, 1.165) is 51.9 Å². The number of pyridine rings is 2. The van der Waals surface area contributed by atoms with E-state index < -0.39 is 0 Å². The first kappa shape index (κ1) is 21.7. The van der Waals surface area contributed by atoms with E-state index in [-0.39, 0.29) is 5.91 Å². The number of nitrogens with one attached hydrogen (secondary N) is 1. The number of carbonyl (C=O) groups is 1. The van der Waals surface area contributed by atoms with Crippen molar-refractivity contribution in [3.63, 3.8) is 0 Å². The summed E-state index contributed by atoms with van der Waals surface area (Å²) in [7, 11) is 1.66. The Morgan fingerprint density at radius 3 is 2.67 bits per heavy atom. The van der Waals surface area contributed by atoms with Gasteiger partial charge in [-0.2, -0.15) is 5.10 Å². The summed E-state index contributed by atoms with van der Waals surface area (Å²) in [5.74, 6) is 1.26. The smallest absolute Gasteiger partial charge is 0.256 e. The van der Waals surface area contributed by atoms with Crippen molar-refractivity contribution in [1.29, 1.82) is 0 Å². The quantitative estimate of drug-likeness (QED) is 0.387. The molecule has 1 aliphatic rings. The lowest BCUT2D eigenvalue weighted by Crippen LogP contribution is -2.16. The number of amides is 1. The van der Waals surface area contributed by atoms with Crippen molar-refractivity contribution in [2.24, 2.45) is 0 Å². The lowest BCUT2D eigenvalue weighted by molar-refractivity contribution is 0.102. The topological polar surface area (TPSA) is 94.8 Å². The van der Waals surface area contributed by atoms with E-state index in [1.807, 2.05) is 48.5 Å². The van der Waals surface area contributed by atoms with Crippen LogP contribution >= 0.6 is 0 Å². The molecule has 0 radical (unpaired) electrons. The third-order valence-electron chi connectivity index (χ3n) is 6.28. The highest BCUT2D eigenvalue weighted by molar-refractivity contribution is 6.14. The number of hydrogen-bond acceptors (Lipinski definition) is 6. The number of methoxy groups -OCH3 is 1. The highest BCUT2D eigenvalue weighted by Gasteiger charge is 2.27. The molecular formula is C28H22N6O2. The normalized spacial score (nSPS) is 13.6. The summed E-state index contributed by atoms with van der Waals surface area (Å²) in [5, 5.41) is 7.94. The lowest BCUT2D eigenvalue weighted by atomic mass is 10.00. The van der Waals surface area contributed by atoms with Gasteiger partial charge < -0.3 is 10.1 Å². The van der Waals surface area contributed by atoms with Crippen LogP contribution in [0.15, 0.2) is 79.5 Å². The first-order chi connectivity index (χ1) is 17.7. The maximum atomic E-state index is 13.6. The van der Waals surface area contributed by atoms with Crippen LogP contribution in [0.1, 0.15) is 33.6 Å². The molecule has 0 aliphatic heterocycles. The fourth-order valence-electron chi connectivity index (χ4n) is 4.56. The number of hydrogen-bond donors (Lipinski definition) is 1. The van der Waals surface area contributed by atoms with Gasteiger partial charge in [-0.25, -0.2) is 19.6 Å². The second kappa shape index (κ2) is 9.07. The molecule has 176 valence electrons. The molecule has 0 saturated carbocycles. The Labute approximate surface area is 207 Å². The Hall–Kier alpha value is -4.85. The molecule has 36 heavy (non-hydrogen) atoms.